The van der Waals surface area contributed by atoms with Crippen LogP contribution in [0.25, 0.3) is 0 Å². The van der Waals surface area contributed by atoms with Crippen LogP contribution in [0, 0.1) is 0 Å². The van der Waals surface area contributed by atoms with Gasteiger partial charge in [-0.2, -0.15) is 0 Å². The Morgan fingerprint density at radius 1 is 1.69 bits per heavy atom. The average Bonchev–Trinajstić information content (AvgIpc) is 2.52. The predicted octanol–water partition coefficient (Wildman–Crippen LogP) is -1.10. The molecule has 1 rings (SSSR count). The third-order valence-corrected chi connectivity index (χ3v) is 2.01. The van der Waals surface area contributed by atoms with Crippen molar-refractivity contribution in [3.8, 4) is 0 Å². The van der Waals surface area contributed by atoms with E-state index in [-0.39, 0.29) is 12.0 Å². The maximum Gasteiger partial charge on any atom is 0.306 e. The first kappa shape index (κ1) is 10.4. The molecule has 1 aliphatic rings. The Kier molecular flexibility index (Phi) is 4.14. The van der Waals surface area contributed by atoms with Crippen molar-refractivity contribution >= 4 is 5.97 Å². The van der Waals surface area contributed by atoms with E-state index >= 15 is 0 Å². The molecule has 0 spiro atoms. The fourth-order valence-corrected chi connectivity index (χ4v) is 1.20. The van der Waals surface area contributed by atoms with Crippen LogP contribution >= 0.6 is 0 Å². The highest BCUT2D eigenvalue weighted by atomic mass is 16.5. The molecule has 1 fully saturated rings. The minimum Gasteiger partial charge on any atom is -0.469 e. The van der Waals surface area contributed by atoms with Gasteiger partial charge in [-0.05, 0) is 0 Å². The summed E-state index contributed by atoms with van der Waals surface area (Å²) in [7, 11) is 1.36. The van der Waals surface area contributed by atoms with Crippen LogP contribution in [0.1, 0.15) is 6.42 Å². The lowest BCUT2D eigenvalue weighted by atomic mass is 10.2. The van der Waals surface area contributed by atoms with E-state index in [1.807, 2.05) is 0 Å². The highest BCUT2D eigenvalue weighted by Crippen LogP contribution is 2.04. The monoisotopic (exact) mass is 189 g/mol. The van der Waals surface area contributed by atoms with Gasteiger partial charge >= 0.3 is 5.97 Å². The van der Waals surface area contributed by atoms with Crippen LogP contribution in [0.3, 0.4) is 0 Å². The van der Waals surface area contributed by atoms with E-state index in [1.165, 1.54) is 7.11 Å². The maximum absolute atomic E-state index is 10.7. The first-order valence-corrected chi connectivity index (χ1v) is 4.30. The van der Waals surface area contributed by atoms with Gasteiger partial charge in [-0.25, -0.2) is 0 Å². The smallest absolute Gasteiger partial charge is 0.306 e. The summed E-state index contributed by atoms with van der Waals surface area (Å²) >= 11 is 0. The van der Waals surface area contributed by atoms with E-state index in [0.29, 0.717) is 26.2 Å². The largest absolute Gasteiger partial charge is 0.469 e. The second-order valence-electron chi connectivity index (χ2n) is 2.99. The normalized spacial score (nSPS) is 27.5. The summed E-state index contributed by atoms with van der Waals surface area (Å²) in [5, 5.41) is 12.3. The molecule has 0 bridgehead atoms. The highest BCUT2D eigenvalue weighted by molar-refractivity contribution is 5.69. The second kappa shape index (κ2) is 5.16. The molecule has 1 saturated heterocycles. The lowest BCUT2D eigenvalue weighted by Crippen LogP contribution is -2.39. The summed E-state index contributed by atoms with van der Waals surface area (Å²) in [6, 6.07) is -0.0512. The van der Waals surface area contributed by atoms with Crippen molar-refractivity contribution in [3.05, 3.63) is 0 Å². The van der Waals surface area contributed by atoms with Crippen LogP contribution in [0.15, 0.2) is 0 Å². The number of ether oxygens (including phenoxy) is 2. The quantitative estimate of drug-likeness (QED) is 0.549. The summed E-state index contributed by atoms with van der Waals surface area (Å²) in [5.74, 6) is -0.249. The van der Waals surface area contributed by atoms with E-state index in [9.17, 15) is 9.90 Å². The highest BCUT2D eigenvalue weighted by Gasteiger charge is 2.25. The molecule has 5 nitrogen and oxygen atoms in total. The minimum absolute atomic E-state index is 0.0512. The molecule has 0 aliphatic carbocycles. The number of aliphatic hydroxyl groups is 1. The van der Waals surface area contributed by atoms with Gasteiger partial charge in [-0.3, -0.25) is 4.79 Å². The molecule has 0 aromatic heterocycles. The zero-order valence-electron chi connectivity index (χ0n) is 7.66. The number of aliphatic hydroxyl groups excluding tert-OH is 1. The molecule has 0 aromatic carbocycles. The van der Waals surface area contributed by atoms with Gasteiger partial charge in [0.15, 0.2) is 0 Å². The zero-order valence-corrected chi connectivity index (χ0v) is 7.66. The zero-order chi connectivity index (χ0) is 9.68. The summed E-state index contributed by atoms with van der Waals surface area (Å²) in [6.45, 7) is 1.38. The number of nitrogens with one attached hydrogen (secondary N) is 1. The predicted molar refractivity (Wildman–Crippen MR) is 45.2 cm³/mol. The standard InChI is InChI=1S/C8H15NO4/c1-12-8(11)2-3-9-6-4-13-5-7(6)10/h6-7,9-10H,2-5H2,1H3. The summed E-state index contributed by atoms with van der Waals surface area (Å²) in [4.78, 5) is 10.7. The van der Waals surface area contributed by atoms with Crippen LogP contribution in [0.5, 0.6) is 0 Å². The van der Waals surface area contributed by atoms with Crippen LogP contribution in [0.2, 0.25) is 0 Å². The van der Waals surface area contributed by atoms with Gasteiger partial charge in [0.05, 0.1) is 38.9 Å². The van der Waals surface area contributed by atoms with Gasteiger partial charge < -0.3 is 19.9 Å². The molecule has 13 heavy (non-hydrogen) atoms. The Labute approximate surface area is 77.0 Å². The molecule has 0 saturated carbocycles. The lowest BCUT2D eigenvalue weighted by Gasteiger charge is -2.13. The Bertz CT molecular complexity index is 174. The number of rotatable bonds is 4. The maximum atomic E-state index is 10.7. The van der Waals surface area contributed by atoms with Crippen molar-refractivity contribution < 1.29 is 19.4 Å². The Balaban J connectivity index is 2.08. The molecule has 0 radical (unpaired) electrons. The van der Waals surface area contributed by atoms with Crippen LogP contribution in [-0.4, -0.2) is 50.1 Å². The summed E-state index contributed by atoms with van der Waals surface area (Å²) < 4.78 is 9.49. The molecular weight excluding hydrogens is 174 g/mol. The van der Waals surface area contributed by atoms with Crippen molar-refractivity contribution in [2.45, 2.75) is 18.6 Å². The lowest BCUT2D eigenvalue weighted by molar-refractivity contribution is -0.140. The first-order chi connectivity index (χ1) is 6.24. The molecule has 2 N–H and O–H groups in total. The summed E-state index contributed by atoms with van der Waals surface area (Å²) in [5.41, 5.74) is 0. The van der Waals surface area contributed by atoms with Gasteiger partial charge in [0.1, 0.15) is 0 Å². The molecule has 0 aromatic rings. The second-order valence-corrected chi connectivity index (χ2v) is 2.99. The SMILES string of the molecule is COC(=O)CCNC1COCC1O. The van der Waals surface area contributed by atoms with Crippen LogP contribution in [0.4, 0.5) is 0 Å². The van der Waals surface area contributed by atoms with Crippen LogP contribution in [-0.2, 0) is 14.3 Å². The number of hydrogen-bond acceptors (Lipinski definition) is 5. The number of carbonyl (C=O) groups excluding carboxylic acids is 1. The van der Waals surface area contributed by atoms with Gasteiger partial charge in [0.2, 0.25) is 0 Å². The number of methoxy groups -OCH3 is 1. The molecule has 76 valence electrons. The average molecular weight is 189 g/mol. The first-order valence-electron chi connectivity index (χ1n) is 4.30. The van der Waals surface area contributed by atoms with Crippen molar-refractivity contribution in [2.75, 3.05) is 26.9 Å². The fourth-order valence-electron chi connectivity index (χ4n) is 1.20. The number of hydrogen-bond donors (Lipinski definition) is 2. The minimum atomic E-state index is -0.461. The van der Waals surface area contributed by atoms with Gasteiger partial charge in [0.25, 0.3) is 0 Å². The molecule has 2 atom stereocenters. The fraction of sp³-hybridized carbons (Fsp3) is 0.875. The Morgan fingerprint density at radius 2 is 2.46 bits per heavy atom. The topological polar surface area (TPSA) is 67.8 Å². The molecule has 2 unspecified atom stereocenters. The summed E-state index contributed by atoms with van der Waals surface area (Å²) in [6.07, 6.45) is -0.141. The van der Waals surface area contributed by atoms with Crippen molar-refractivity contribution in [2.24, 2.45) is 0 Å². The van der Waals surface area contributed by atoms with E-state index < -0.39 is 6.10 Å². The molecular formula is C8H15NO4. The van der Waals surface area contributed by atoms with E-state index in [0.717, 1.165) is 0 Å². The van der Waals surface area contributed by atoms with Gasteiger partial charge in [0, 0.05) is 6.54 Å². The van der Waals surface area contributed by atoms with E-state index in [2.05, 4.69) is 10.1 Å². The van der Waals surface area contributed by atoms with Gasteiger partial charge in [-0.15, -0.1) is 0 Å². The molecule has 5 heteroatoms. The Hall–Kier alpha value is -0.650. The molecule has 0 amide bonds. The number of esters is 1. The molecule has 1 aliphatic heterocycles. The third-order valence-electron chi connectivity index (χ3n) is 2.01. The Morgan fingerprint density at radius 3 is 3.00 bits per heavy atom. The van der Waals surface area contributed by atoms with Gasteiger partial charge in [-0.1, -0.05) is 0 Å². The third kappa shape index (κ3) is 3.30. The van der Waals surface area contributed by atoms with Crippen molar-refractivity contribution in [3.63, 3.8) is 0 Å². The van der Waals surface area contributed by atoms with E-state index in [1.54, 1.807) is 0 Å². The van der Waals surface area contributed by atoms with Crippen LogP contribution < -0.4 is 5.32 Å². The number of carbonyl (C=O) groups is 1. The van der Waals surface area contributed by atoms with Crippen molar-refractivity contribution in [1.82, 2.24) is 5.32 Å². The molecule has 1 heterocycles. The van der Waals surface area contributed by atoms with Crippen molar-refractivity contribution in [1.29, 1.82) is 0 Å². The van der Waals surface area contributed by atoms with E-state index in [4.69, 9.17) is 4.74 Å².